The molecule has 2 saturated heterocycles. The fourth-order valence-corrected chi connectivity index (χ4v) is 3.81. The Kier molecular flexibility index (Phi) is 4.98. The van der Waals surface area contributed by atoms with Crippen molar-refractivity contribution in [3.63, 3.8) is 0 Å². The molecule has 0 radical (unpaired) electrons. The van der Waals surface area contributed by atoms with E-state index >= 15 is 0 Å². The van der Waals surface area contributed by atoms with Gasteiger partial charge in [0.25, 0.3) is 5.79 Å². The van der Waals surface area contributed by atoms with Gasteiger partial charge < -0.3 is 40.2 Å². The first-order chi connectivity index (χ1) is 11.3. The van der Waals surface area contributed by atoms with Gasteiger partial charge >= 0.3 is 0 Å². The van der Waals surface area contributed by atoms with Gasteiger partial charge in [-0.1, -0.05) is 0 Å². The molecule has 0 bridgehead atoms. The molecule has 0 aromatic rings. The van der Waals surface area contributed by atoms with Gasteiger partial charge in [-0.15, -0.1) is 0 Å². The molecular weight excluding hydrogens is 320 g/mol. The Morgan fingerprint density at radius 1 is 1.08 bits per heavy atom. The molecule has 0 aromatic heterocycles. The standard InChI is InChI=1S/C15H26N2O7/c1-6-4-5-7(18)15(21)14(22-6)23-13-11(20)8(16-2)10(19)9(17-3)12(13)24-15/h6,8-14,16-17,19-21H,4-5H2,1-3H3/t6-,8-,9+,10+,11+,12-,13-,14+,15+/m1/s1. The molecule has 3 fully saturated rings. The number of ketones is 1. The second kappa shape index (κ2) is 6.58. The van der Waals surface area contributed by atoms with Crippen molar-refractivity contribution in [2.75, 3.05) is 14.1 Å². The summed E-state index contributed by atoms with van der Waals surface area (Å²) in [6.45, 7) is 1.78. The summed E-state index contributed by atoms with van der Waals surface area (Å²) in [6.07, 6.45) is -4.94. The van der Waals surface area contributed by atoms with Crippen molar-refractivity contribution >= 4 is 5.78 Å². The number of carbonyl (C=O) groups excluding carboxylic acids is 1. The minimum Gasteiger partial charge on any atom is -0.390 e. The van der Waals surface area contributed by atoms with Crippen LogP contribution in [0, 0.1) is 0 Å². The number of hydrogen-bond donors (Lipinski definition) is 5. The van der Waals surface area contributed by atoms with E-state index in [0.717, 1.165) is 0 Å². The lowest BCUT2D eigenvalue weighted by Gasteiger charge is -2.53. The molecule has 0 aromatic carbocycles. The van der Waals surface area contributed by atoms with Gasteiger partial charge in [0.1, 0.15) is 18.3 Å². The Labute approximate surface area is 140 Å². The average Bonchev–Trinajstić information content (AvgIpc) is 2.65. The molecule has 2 heterocycles. The summed E-state index contributed by atoms with van der Waals surface area (Å²) >= 11 is 0. The van der Waals surface area contributed by atoms with Crippen LogP contribution in [-0.4, -0.2) is 89.9 Å². The van der Waals surface area contributed by atoms with Crippen molar-refractivity contribution in [3.8, 4) is 0 Å². The third kappa shape index (κ3) is 2.69. The number of nitrogens with one attached hydrogen (secondary N) is 2. The number of aliphatic hydroxyl groups excluding tert-OH is 2. The highest BCUT2D eigenvalue weighted by atomic mass is 16.8. The van der Waals surface area contributed by atoms with E-state index in [2.05, 4.69) is 10.6 Å². The Morgan fingerprint density at radius 2 is 1.75 bits per heavy atom. The van der Waals surface area contributed by atoms with E-state index in [4.69, 9.17) is 14.2 Å². The maximum absolute atomic E-state index is 12.4. The predicted octanol–water partition coefficient (Wildman–Crippen LogP) is -2.54. The average molecular weight is 346 g/mol. The van der Waals surface area contributed by atoms with Crippen LogP contribution < -0.4 is 10.6 Å². The van der Waals surface area contributed by atoms with E-state index in [-0.39, 0.29) is 12.5 Å². The van der Waals surface area contributed by atoms with Crippen LogP contribution >= 0.6 is 0 Å². The molecule has 0 unspecified atom stereocenters. The molecule has 3 rings (SSSR count). The lowest BCUT2D eigenvalue weighted by atomic mass is 9.80. The lowest BCUT2D eigenvalue weighted by molar-refractivity contribution is -0.408. The summed E-state index contributed by atoms with van der Waals surface area (Å²) in [5, 5.41) is 37.6. The molecule has 9 nitrogen and oxygen atoms in total. The minimum atomic E-state index is -2.24. The largest absolute Gasteiger partial charge is 0.390 e. The van der Waals surface area contributed by atoms with Crippen LogP contribution in [0.1, 0.15) is 19.8 Å². The second-order valence-corrected chi connectivity index (χ2v) is 6.73. The smallest absolute Gasteiger partial charge is 0.279 e. The summed E-state index contributed by atoms with van der Waals surface area (Å²) in [5.74, 6) is -2.77. The quantitative estimate of drug-likeness (QED) is 0.367. The number of aliphatic hydroxyl groups is 3. The number of fused-ring (bicyclic) bond motifs is 2. The number of likely N-dealkylation sites (N-methyl/N-ethyl adjacent to an activating group) is 2. The highest BCUT2D eigenvalue weighted by Gasteiger charge is 2.62. The van der Waals surface area contributed by atoms with Crippen LogP contribution in [0.2, 0.25) is 0 Å². The zero-order valence-electron chi connectivity index (χ0n) is 14.0. The lowest BCUT2D eigenvalue weighted by Crippen LogP contribution is -2.76. The van der Waals surface area contributed by atoms with Crippen molar-refractivity contribution in [3.05, 3.63) is 0 Å². The SMILES string of the molecule is CN[C@@H]1[C@H](O)[C@H](NC)[C@H]2O[C@@]3(O)C(=O)CC[C@@H](C)O[C@H]3O[C@@H]2[C@H]1O. The van der Waals surface area contributed by atoms with Crippen LogP contribution in [0.5, 0.6) is 0 Å². The van der Waals surface area contributed by atoms with Crippen molar-refractivity contribution in [2.45, 2.75) is 74.4 Å². The van der Waals surface area contributed by atoms with Crippen LogP contribution in [0.15, 0.2) is 0 Å². The minimum absolute atomic E-state index is 0.101. The van der Waals surface area contributed by atoms with Gasteiger partial charge in [0.05, 0.1) is 24.3 Å². The Balaban J connectivity index is 1.94. The molecule has 3 aliphatic rings. The fraction of sp³-hybridized carbons (Fsp3) is 0.933. The molecule has 9 atom stereocenters. The van der Waals surface area contributed by atoms with Gasteiger partial charge in [-0.25, -0.2) is 0 Å². The molecule has 2 aliphatic heterocycles. The second-order valence-electron chi connectivity index (χ2n) is 6.73. The predicted molar refractivity (Wildman–Crippen MR) is 81.0 cm³/mol. The molecule has 5 N–H and O–H groups in total. The maximum Gasteiger partial charge on any atom is 0.279 e. The van der Waals surface area contributed by atoms with E-state index < -0.39 is 54.4 Å². The Hall–Kier alpha value is -0.650. The molecule has 1 aliphatic carbocycles. The number of ether oxygens (including phenoxy) is 3. The summed E-state index contributed by atoms with van der Waals surface area (Å²) in [7, 11) is 3.25. The van der Waals surface area contributed by atoms with Crippen LogP contribution in [0.3, 0.4) is 0 Å². The van der Waals surface area contributed by atoms with Gasteiger partial charge in [-0.05, 0) is 27.4 Å². The summed E-state index contributed by atoms with van der Waals surface area (Å²) in [6, 6.07) is -1.30. The van der Waals surface area contributed by atoms with Gasteiger partial charge in [-0.3, -0.25) is 4.79 Å². The Bertz CT molecular complexity index is 492. The van der Waals surface area contributed by atoms with Crippen molar-refractivity contribution in [1.82, 2.24) is 10.6 Å². The van der Waals surface area contributed by atoms with Crippen LogP contribution in [0.25, 0.3) is 0 Å². The molecule has 24 heavy (non-hydrogen) atoms. The highest BCUT2D eigenvalue weighted by molar-refractivity contribution is 5.86. The first-order valence-corrected chi connectivity index (χ1v) is 8.28. The van der Waals surface area contributed by atoms with Gasteiger partial charge in [0, 0.05) is 6.42 Å². The normalized spacial score (nSPS) is 52.3. The van der Waals surface area contributed by atoms with Gasteiger partial charge in [-0.2, -0.15) is 0 Å². The van der Waals surface area contributed by atoms with E-state index in [1.54, 1.807) is 21.0 Å². The third-order valence-electron chi connectivity index (χ3n) is 5.23. The van der Waals surface area contributed by atoms with Crippen LogP contribution in [0.4, 0.5) is 0 Å². The number of Topliss-reactive ketones (excluding diaryl/α,β-unsaturated/α-hetero) is 1. The Morgan fingerprint density at radius 3 is 2.38 bits per heavy atom. The van der Waals surface area contributed by atoms with E-state index in [9.17, 15) is 20.1 Å². The van der Waals surface area contributed by atoms with Crippen molar-refractivity contribution in [2.24, 2.45) is 0 Å². The third-order valence-corrected chi connectivity index (χ3v) is 5.23. The van der Waals surface area contributed by atoms with Gasteiger partial charge in [0.15, 0.2) is 5.78 Å². The fourth-order valence-electron chi connectivity index (χ4n) is 3.81. The van der Waals surface area contributed by atoms with E-state index in [0.29, 0.717) is 6.42 Å². The molecule has 1 saturated carbocycles. The topological polar surface area (TPSA) is 130 Å². The van der Waals surface area contributed by atoms with Crippen LogP contribution in [-0.2, 0) is 19.0 Å². The molecular formula is C15H26N2O7. The summed E-state index contributed by atoms with van der Waals surface area (Å²) in [5.41, 5.74) is 0. The first-order valence-electron chi connectivity index (χ1n) is 8.28. The molecule has 0 amide bonds. The van der Waals surface area contributed by atoms with E-state index in [1.165, 1.54) is 0 Å². The van der Waals surface area contributed by atoms with Gasteiger partial charge in [0.2, 0.25) is 6.29 Å². The van der Waals surface area contributed by atoms with E-state index in [1.807, 2.05) is 0 Å². The molecule has 9 heteroatoms. The highest BCUT2D eigenvalue weighted by Crippen LogP contribution is 2.39. The van der Waals surface area contributed by atoms with Crippen molar-refractivity contribution in [1.29, 1.82) is 0 Å². The number of hydrogen-bond acceptors (Lipinski definition) is 9. The zero-order chi connectivity index (χ0) is 17.6. The zero-order valence-corrected chi connectivity index (χ0v) is 14.0. The summed E-state index contributed by atoms with van der Waals surface area (Å²) in [4.78, 5) is 12.4. The summed E-state index contributed by atoms with van der Waals surface area (Å²) < 4.78 is 17.1. The number of carbonyl (C=O) groups is 1. The maximum atomic E-state index is 12.4. The first kappa shape index (κ1) is 18.2. The monoisotopic (exact) mass is 346 g/mol. The number of rotatable bonds is 2. The molecule has 0 spiro atoms. The molecule has 138 valence electrons. The van der Waals surface area contributed by atoms with Crippen molar-refractivity contribution < 1.29 is 34.3 Å².